The summed E-state index contributed by atoms with van der Waals surface area (Å²) in [7, 11) is 0. The van der Waals surface area contributed by atoms with E-state index in [1.54, 1.807) is 0 Å². The topological polar surface area (TPSA) is 70.2 Å². The monoisotopic (exact) mass is 277 g/mol. The van der Waals surface area contributed by atoms with Crippen molar-refractivity contribution >= 4 is 11.9 Å². The number of carbonyl (C=O) groups excluding carboxylic acids is 1. The maximum absolute atomic E-state index is 11.3. The first-order chi connectivity index (χ1) is 9.65. The Labute approximate surface area is 120 Å². The van der Waals surface area contributed by atoms with Crippen molar-refractivity contribution in [2.75, 3.05) is 31.1 Å². The summed E-state index contributed by atoms with van der Waals surface area (Å²) >= 11 is 0. The maximum atomic E-state index is 11.3. The first-order valence-electron chi connectivity index (χ1n) is 7.18. The Bertz CT molecular complexity index is 432. The normalized spacial score (nSPS) is 16.1. The largest absolute Gasteiger partial charge is 0.354 e. The molecule has 0 bridgehead atoms. The number of hydrogen-bond acceptors (Lipinski definition) is 5. The maximum Gasteiger partial charge on any atom is 0.225 e. The summed E-state index contributed by atoms with van der Waals surface area (Å²) in [4.78, 5) is 22.2. The van der Waals surface area contributed by atoms with E-state index < -0.39 is 0 Å². The van der Waals surface area contributed by atoms with Gasteiger partial charge in [0.05, 0.1) is 0 Å². The second-order valence-corrected chi connectivity index (χ2v) is 5.50. The molecule has 1 aromatic heterocycles. The van der Waals surface area contributed by atoms with Gasteiger partial charge in [-0.05, 0) is 12.5 Å². The van der Waals surface area contributed by atoms with Crippen molar-refractivity contribution in [1.29, 1.82) is 0 Å². The molecule has 20 heavy (non-hydrogen) atoms. The third-order valence-electron chi connectivity index (χ3n) is 3.17. The Hall–Kier alpha value is -1.69. The van der Waals surface area contributed by atoms with Crippen LogP contribution in [0.5, 0.6) is 0 Å². The molecule has 0 unspecified atom stereocenters. The third-order valence-corrected chi connectivity index (χ3v) is 3.17. The van der Waals surface area contributed by atoms with Crippen LogP contribution < -0.4 is 15.5 Å². The Balaban J connectivity index is 1.88. The van der Waals surface area contributed by atoms with E-state index in [1.165, 1.54) is 0 Å². The van der Waals surface area contributed by atoms with Crippen LogP contribution in [0.1, 0.15) is 25.8 Å². The molecule has 1 aliphatic heterocycles. The summed E-state index contributed by atoms with van der Waals surface area (Å²) < 4.78 is 0. The Morgan fingerprint density at radius 3 is 2.80 bits per heavy atom. The highest BCUT2D eigenvalue weighted by Gasteiger charge is 2.15. The van der Waals surface area contributed by atoms with Crippen molar-refractivity contribution in [1.82, 2.24) is 20.6 Å². The SMILES string of the molecule is CC(C)CNCc1cnc(N2CCNC(=O)CC2)nc1. The van der Waals surface area contributed by atoms with Crippen LogP contribution in [-0.2, 0) is 11.3 Å². The number of hydrogen-bond donors (Lipinski definition) is 2. The number of aromatic nitrogens is 2. The number of nitrogens with zero attached hydrogens (tertiary/aromatic N) is 3. The summed E-state index contributed by atoms with van der Waals surface area (Å²) in [6, 6.07) is 0. The minimum Gasteiger partial charge on any atom is -0.354 e. The molecule has 1 saturated heterocycles. The lowest BCUT2D eigenvalue weighted by Gasteiger charge is -2.19. The molecule has 2 heterocycles. The Morgan fingerprint density at radius 2 is 2.10 bits per heavy atom. The van der Waals surface area contributed by atoms with Gasteiger partial charge in [0.2, 0.25) is 11.9 Å². The molecule has 6 nitrogen and oxygen atoms in total. The summed E-state index contributed by atoms with van der Waals surface area (Å²) in [5.74, 6) is 1.44. The van der Waals surface area contributed by atoms with Gasteiger partial charge in [-0.15, -0.1) is 0 Å². The standard InChI is InChI=1S/C14H23N5O/c1-11(2)7-15-8-12-9-17-14(18-10-12)19-5-3-13(20)16-4-6-19/h9-11,15H,3-8H2,1-2H3,(H,16,20). The lowest BCUT2D eigenvalue weighted by atomic mass is 10.2. The van der Waals surface area contributed by atoms with E-state index in [4.69, 9.17) is 0 Å². The highest BCUT2D eigenvalue weighted by molar-refractivity contribution is 5.76. The lowest BCUT2D eigenvalue weighted by molar-refractivity contribution is -0.120. The van der Waals surface area contributed by atoms with Crippen LogP contribution in [0, 0.1) is 5.92 Å². The number of carbonyl (C=O) groups is 1. The van der Waals surface area contributed by atoms with Gasteiger partial charge in [-0.25, -0.2) is 9.97 Å². The van der Waals surface area contributed by atoms with Crippen LogP contribution in [0.15, 0.2) is 12.4 Å². The first kappa shape index (κ1) is 14.7. The zero-order valence-corrected chi connectivity index (χ0v) is 12.2. The van der Waals surface area contributed by atoms with Crippen molar-refractivity contribution < 1.29 is 4.79 Å². The molecular weight excluding hydrogens is 254 g/mol. The smallest absolute Gasteiger partial charge is 0.225 e. The fourth-order valence-electron chi connectivity index (χ4n) is 2.07. The molecule has 0 atom stereocenters. The molecule has 0 radical (unpaired) electrons. The van der Waals surface area contributed by atoms with E-state index in [-0.39, 0.29) is 5.91 Å². The molecule has 0 saturated carbocycles. The summed E-state index contributed by atoms with van der Waals surface area (Å²) in [6.07, 6.45) is 4.21. The van der Waals surface area contributed by atoms with Crippen LogP contribution in [0.4, 0.5) is 5.95 Å². The van der Waals surface area contributed by atoms with Gasteiger partial charge in [-0.1, -0.05) is 13.8 Å². The van der Waals surface area contributed by atoms with Crippen molar-refractivity contribution in [2.45, 2.75) is 26.8 Å². The number of rotatable bonds is 5. The van der Waals surface area contributed by atoms with Gasteiger partial charge in [0, 0.05) is 50.6 Å². The third kappa shape index (κ3) is 4.45. The summed E-state index contributed by atoms with van der Waals surface area (Å²) in [6.45, 7) is 8.23. The molecule has 1 amide bonds. The molecule has 0 aromatic carbocycles. The van der Waals surface area contributed by atoms with Gasteiger partial charge >= 0.3 is 0 Å². The molecular formula is C14H23N5O. The van der Waals surface area contributed by atoms with Crippen LogP contribution in [0.25, 0.3) is 0 Å². The molecule has 0 aliphatic carbocycles. The Morgan fingerprint density at radius 1 is 1.35 bits per heavy atom. The Kier molecular flexibility index (Phi) is 5.29. The molecule has 1 fully saturated rings. The van der Waals surface area contributed by atoms with Crippen LogP contribution in [-0.4, -0.2) is 42.1 Å². The van der Waals surface area contributed by atoms with Crippen LogP contribution in [0.2, 0.25) is 0 Å². The fraction of sp³-hybridized carbons (Fsp3) is 0.643. The molecule has 2 rings (SSSR count). The zero-order chi connectivity index (χ0) is 14.4. The van der Waals surface area contributed by atoms with Crippen molar-refractivity contribution in [3.63, 3.8) is 0 Å². The van der Waals surface area contributed by atoms with Gasteiger partial charge in [-0.2, -0.15) is 0 Å². The number of amides is 1. The van der Waals surface area contributed by atoms with E-state index >= 15 is 0 Å². The van der Waals surface area contributed by atoms with E-state index in [1.807, 2.05) is 17.3 Å². The highest BCUT2D eigenvalue weighted by Crippen LogP contribution is 2.09. The van der Waals surface area contributed by atoms with Crippen LogP contribution >= 0.6 is 0 Å². The first-order valence-corrected chi connectivity index (χ1v) is 7.18. The van der Waals surface area contributed by atoms with Crippen LogP contribution in [0.3, 0.4) is 0 Å². The zero-order valence-electron chi connectivity index (χ0n) is 12.2. The molecule has 6 heteroatoms. The molecule has 0 spiro atoms. The van der Waals surface area contributed by atoms with Crippen molar-refractivity contribution in [3.8, 4) is 0 Å². The minimum atomic E-state index is 0.0991. The lowest BCUT2D eigenvalue weighted by Crippen LogP contribution is -2.29. The van der Waals surface area contributed by atoms with Crippen molar-refractivity contribution in [2.24, 2.45) is 5.92 Å². The van der Waals surface area contributed by atoms with Gasteiger partial charge in [0.1, 0.15) is 0 Å². The summed E-state index contributed by atoms with van der Waals surface area (Å²) in [5, 5.41) is 6.22. The molecule has 110 valence electrons. The van der Waals surface area contributed by atoms with E-state index in [0.29, 0.717) is 31.4 Å². The number of anilines is 1. The summed E-state index contributed by atoms with van der Waals surface area (Å²) in [5.41, 5.74) is 1.08. The quantitative estimate of drug-likeness (QED) is 0.822. The van der Waals surface area contributed by atoms with Crippen molar-refractivity contribution in [3.05, 3.63) is 18.0 Å². The second kappa shape index (κ2) is 7.19. The van der Waals surface area contributed by atoms with E-state index in [2.05, 4.69) is 34.4 Å². The molecule has 2 N–H and O–H groups in total. The molecule has 1 aromatic rings. The van der Waals surface area contributed by atoms with Gasteiger partial charge in [0.15, 0.2) is 0 Å². The fourth-order valence-corrected chi connectivity index (χ4v) is 2.07. The average Bonchev–Trinajstić information content (AvgIpc) is 2.64. The van der Waals surface area contributed by atoms with Gasteiger partial charge in [-0.3, -0.25) is 4.79 Å². The predicted molar refractivity (Wildman–Crippen MR) is 78.4 cm³/mol. The predicted octanol–water partition coefficient (Wildman–Crippen LogP) is 0.549. The minimum absolute atomic E-state index is 0.0991. The number of nitrogens with one attached hydrogen (secondary N) is 2. The second-order valence-electron chi connectivity index (χ2n) is 5.50. The van der Waals surface area contributed by atoms with E-state index in [9.17, 15) is 4.79 Å². The molecule has 1 aliphatic rings. The average molecular weight is 277 g/mol. The van der Waals surface area contributed by atoms with E-state index in [0.717, 1.165) is 25.2 Å². The van der Waals surface area contributed by atoms with Gasteiger partial charge in [0.25, 0.3) is 0 Å². The van der Waals surface area contributed by atoms with Gasteiger partial charge < -0.3 is 15.5 Å². The highest BCUT2D eigenvalue weighted by atomic mass is 16.1.